The van der Waals surface area contributed by atoms with Crippen LogP contribution in [-0.2, 0) is 6.54 Å². The van der Waals surface area contributed by atoms with Gasteiger partial charge in [0.25, 0.3) is 0 Å². The van der Waals surface area contributed by atoms with Crippen LogP contribution < -0.4 is 4.74 Å². The molecule has 0 bridgehead atoms. The molecule has 0 radical (unpaired) electrons. The van der Waals surface area contributed by atoms with Crippen LogP contribution in [0.15, 0.2) is 65.2 Å². The molecule has 0 unspecified atom stereocenters. The lowest BCUT2D eigenvalue weighted by molar-refractivity contribution is 0.125. The molecule has 1 fully saturated rings. The van der Waals surface area contributed by atoms with E-state index in [2.05, 4.69) is 56.4 Å². The number of hydrogen-bond donors (Lipinski definition) is 0. The van der Waals surface area contributed by atoms with Crippen molar-refractivity contribution in [3.63, 3.8) is 0 Å². The van der Waals surface area contributed by atoms with Gasteiger partial charge in [-0.15, -0.1) is 0 Å². The van der Waals surface area contributed by atoms with E-state index in [0.29, 0.717) is 24.9 Å². The lowest BCUT2D eigenvalue weighted by Gasteiger charge is -2.33. The Balaban J connectivity index is 1.24. The van der Waals surface area contributed by atoms with Crippen molar-refractivity contribution in [1.82, 2.24) is 19.9 Å². The van der Waals surface area contributed by atoms with Gasteiger partial charge >= 0.3 is 0 Å². The molecule has 0 aliphatic carbocycles. The highest BCUT2D eigenvalue weighted by atomic mass is 16.5. The number of piperazine rings is 1. The van der Waals surface area contributed by atoms with Crippen LogP contribution in [0.4, 0.5) is 0 Å². The Hall–Kier alpha value is -2.96. The maximum Gasteiger partial charge on any atom is 0.241 e. The van der Waals surface area contributed by atoms with E-state index >= 15 is 0 Å². The lowest BCUT2D eigenvalue weighted by atomic mass is 10.2. The van der Waals surface area contributed by atoms with Gasteiger partial charge < -0.3 is 9.26 Å². The molecule has 0 N–H and O–H groups in total. The highest BCUT2D eigenvalue weighted by Gasteiger charge is 2.18. The van der Waals surface area contributed by atoms with E-state index in [1.807, 2.05) is 37.3 Å². The van der Waals surface area contributed by atoms with Crippen LogP contribution >= 0.6 is 0 Å². The van der Waals surface area contributed by atoms with Crippen molar-refractivity contribution in [2.75, 3.05) is 39.3 Å². The van der Waals surface area contributed by atoms with E-state index in [0.717, 1.165) is 44.0 Å². The first-order valence-electron chi connectivity index (χ1n) is 10.5. The largest absolute Gasteiger partial charge is 0.494 e. The van der Waals surface area contributed by atoms with E-state index in [1.54, 1.807) is 0 Å². The molecule has 0 amide bonds. The molecule has 1 aromatic heterocycles. The summed E-state index contributed by atoms with van der Waals surface area (Å²) < 4.78 is 11.0. The SMILES string of the molecule is CCOc1ccc(-c2noc(CN3CCN(C/C=C/c4ccccc4)CC3)n2)cc1. The third-order valence-corrected chi connectivity index (χ3v) is 5.19. The molecule has 6 heteroatoms. The lowest BCUT2D eigenvalue weighted by Crippen LogP contribution is -2.45. The second-order valence-corrected chi connectivity index (χ2v) is 7.36. The van der Waals surface area contributed by atoms with Gasteiger partial charge in [0.05, 0.1) is 13.2 Å². The highest BCUT2D eigenvalue weighted by molar-refractivity contribution is 5.55. The van der Waals surface area contributed by atoms with Gasteiger partial charge in [-0.25, -0.2) is 0 Å². The van der Waals surface area contributed by atoms with Crippen LogP contribution in [0.5, 0.6) is 5.75 Å². The van der Waals surface area contributed by atoms with Crippen molar-refractivity contribution in [3.8, 4) is 17.1 Å². The first-order valence-corrected chi connectivity index (χ1v) is 10.5. The van der Waals surface area contributed by atoms with Crippen molar-refractivity contribution >= 4 is 6.08 Å². The van der Waals surface area contributed by atoms with Gasteiger partial charge in [-0.1, -0.05) is 47.6 Å². The number of aromatic nitrogens is 2. The number of hydrogen-bond acceptors (Lipinski definition) is 6. The predicted molar refractivity (Wildman–Crippen MR) is 118 cm³/mol. The Kier molecular flexibility index (Phi) is 6.90. The molecular formula is C24H28N4O2. The molecule has 0 atom stereocenters. The average Bonchev–Trinajstić information content (AvgIpc) is 3.25. The Bertz CT molecular complexity index is 929. The molecule has 3 aromatic rings. The summed E-state index contributed by atoms with van der Waals surface area (Å²) in [5.41, 5.74) is 2.18. The van der Waals surface area contributed by atoms with Gasteiger partial charge in [0.15, 0.2) is 0 Å². The molecule has 2 heterocycles. The Morgan fingerprint density at radius 2 is 1.70 bits per heavy atom. The molecule has 1 saturated heterocycles. The Morgan fingerprint density at radius 1 is 0.967 bits per heavy atom. The first kappa shape index (κ1) is 20.3. The van der Waals surface area contributed by atoms with Gasteiger partial charge in [0.1, 0.15) is 5.75 Å². The monoisotopic (exact) mass is 404 g/mol. The third-order valence-electron chi connectivity index (χ3n) is 5.19. The van der Waals surface area contributed by atoms with Crippen LogP contribution in [0.1, 0.15) is 18.4 Å². The fourth-order valence-corrected chi connectivity index (χ4v) is 3.53. The minimum absolute atomic E-state index is 0.623. The van der Waals surface area contributed by atoms with Crippen molar-refractivity contribution in [2.24, 2.45) is 0 Å². The summed E-state index contributed by atoms with van der Waals surface area (Å²) in [5.74, 6) is 2.13. The summed E-state index contributed by atoms with van der Waals surface area (Å²) in [7, 11) is 0. The highest BCUT2D eigenvalue weighted by Crippen LogP contribution is 2.20. The number of benzene rings is 2. The molecule has 1 aliphatic rings. The fraction of sp³-hybridized carbons (Fsp3) is 0.333. The molecule has 156 valence electrons. The second-order valence-electron chi connectivity index (χ2n) is 7.36. The zero-order valence-corrected chi connectivity index (χ0v) is 17.4. The normalized spacial score (nSPS) is 15.6. The molecule has 2 aromatic carbocycles. The quantitative estimate of drug-likeness (QED) is 0.566. The molecule has 4 rings (SSSR count). The molecule has 1 aliphatic heterocycles. The van der Waals surface area contributed by atoms with Gasteiger partial charge in [-0.2, -0.15) is 4.98 Å². The van der Waals surface area contributed by atoms with Gasteiger partial charge in [0, 0.05) is 38.3 Å². The van der Waals surface area contributed by atoms with E-state index in [4.69, 9.17) is 9.26 Å². The smallest absolute Gasteiger partial charge is 0.241 e. The maximum absolute atomic E-state index is 5.48. The molecule has 6 nitrogen and oxygen atoms in total. The maximum atomic E-state index is 5.48. The van der Waals surface area contributed by atoms with Crippen molar-refractivity contribution < 1.29 is 9.26 Å². The second kappa shape index (κ2) is 10.2. The minimum Gasteiger partial charge on any atom is -0.494 e. The average molecular weight is 405 g/mol. The van der Waals surface area contributed by atoms with Crippen LogP contribution in [0, 0.1) is 0 Å². The Labute approximate surface area is 177 Å². The van der Waals surface area contributed by atoms with Gasteiger partial charge in [-0.3, -0.25) is 9.80 Å². The summed E-state index contributed by atoms with van der Waals surface area (Å²) in [6.07, 6.45) is 4.43. The van der Waals surface area contributed by atoms with E-state index in [9.17, 15) is 0 Å². The van der Waals surface area contributed by atoms with Gasteiger partial charge in [-0.05, 0) is 36.8 Å². The van der Waals surface area contributed by atoms with Crippen molar-refractivity contribution in [3.05, 3.63) is 72.1 Å². The zero-order valence-electron chi connectivity index (χ0n) is 17.4. The van der Waals surface area contributed by atoms with Crippen LogP contribution in [0.3, 0.4) is 0 Å². The molecule has 0 saturated carbocycles. The molecule has 0 spiro atoms. The van der Waals surface area contributed by atoms with E-state index in [1.165, 1.54) is 5.56 Å². The molecular weight excluding hydrogens is 376 g/mol. The summed E-state index contributed by atoms with van der Waals surface area (Å²) >= 11 is 0. The van der Waals surface area contributed by atoms with Gasteiger partial charge in [0.2, 0.25) is 11.7 Å². The van der Waals surface area contributed by atoms with Crippen molar-refractivity contribution in [1.29, 1.82) is 0 Å². The first-order chi connectivity index (χ1) is 14.8. The molecule has 30 heavy (non-hydrogen) atoms. The predicted octanol–water partition coefficient (Wildman–Crippen LogP) is 3.97. The fourth-order valence-electron chi connectivity index (χ4n) is 3.53. The zero-order chi connectivity index (χ0) is 20.6. The summed E-state index contributed by atoms with van der Waals surface area (Å²) in [4.78, 5) is 9.40. The third kappa shape index (κ3) is 5.55. The summed E-state index contributed by atoms with van der Waals surface area (Å²) in [5, 5.41) is 4.14. The number of rotatable bonds is 8. The van der Waals surface area contributed by atoms with Crippen molar-refractivity contribution in [2.45, 2.75) is 13.5 Å². The minimum atomic E-state index is 0.623. The number of nitrogens with zero attached hydrogens (tertiary/aromatic N) is 4. The topological polar surface area (TPSA) is 54.6 Å². The number of ether oxygens (including phenoxy) is 1. The standard InChI is InChI=1S/C24H28N4O2/c1-2-29-22-12-10-21(11-13-22)24-25-23(30-26-24)19-28-17-15-27(16-18-28)14-6-9-20-7-4-3-5-8-20/h3-13H,2,14-19H2,1H3/b9-6+. The van der Waals surface area contributed by atoms with E-state index in [-0.39, 0.29) is 0 Å². The summed E-state index contributed by atoms with van der Waals surface area (Å²) in [6, 6.07) is 18.2. The Morgan fingerprint density at radius 3 is 2.43 bits per heavy atom. The van der Waals surface area contributed by atoms with Crippen LogP contribution in [0.25, 0.3) is 17.5 Å². The van der Waals surface area contributed by atoms with E-state index < -0.39 is 0 Å². The summed E-state index contributed by atoms with van der Waals surface area (Å²) in [6.45, 7) is 8.38. The van der Waals surface area contributed by atoms with Crippen LogP contribution in [-0.4, -0.2) is 59.3 Å². The van der Waals surface area contributed by atoms with Crippen LogP contribution in [0.2, 0.25) is 0 Å².